The molecule has 1 aliphatic heterocycles. The van der Waals surface area contributed by atoms with Crippen LogP contribution in [0.5, 0.6) is 0 Å². The van der Waals surface area contributed by atoms with Crippen molar-refractivity contribution < 1.29 is 18.8 Å². The van der Waals surface area contributed by atoms with Crippen molar-refractivity contribution in [1.82, 2.24) is 20.2 Å². The van der Waals surface area contributed by atoms with Crippen LogP contribution in [-0.4, -0.2) is 33.8 Å². The summed E-state index contributed by atoms with van der Waals surface area (Å²) in [5.41, 5.74) is 1.46. The minimum absolute atomic E-state index is 0.0203. The number of aryl methyl sites for hydroxylation is 2. The summed E-state index contributed by atoms with van der Waals surface area (Å²) in [4.78, 5) is 53.6. The molecule has 9 heteroatoms. The number of hydrogen-bond donors (Lipinski definition) is 2. The van der Waals surface area contributed by atoms with Crippen molar-refractivity contribution in [2.45, 2.75) is 45.1 Å². The van der Waals surface area contributed by atoms with E-state index in [1.165, 1.54) is 10.6 Å². The Morgan fingerprint density at radius 1 is 1.21 bits per heavy atom. The van der Waals surface area contributed by atoms with Crippen LogP contribution in [0.25, 0.3) is 10.9 Å². The predicted molar refractivity (Wildman–Crippen MR) is 124 cm³/mol. The Hall–Kier alpha value is -3.88. The lowest BCUT2D eigenvalue weighted by molar-refractivity contribution is -0.135. The van der Waals surface area contributed by atoms with Crippen molar-refractivity contribution in [3.63, 3.8) is 0 Å². The van der Waals surface area contributed by atoms with E-state index in [0.29, 0.717) is 41.7 Å². The molecule has 2 N–H and O–H groups in total. The summed E-state index contributed by atoms with van der Waals surface area (Å²) in [6.45, 7) is 2.08. The van der Waals surface area contributed by atoms with E-state index in [2.05, 4.69) is 15.6 Å². The molecule has 1 atom stereocenters. The first kappa shape index (κ1) is 23.3. The van der Waals surface area contributed by atoms with Crippen molar-refractivity contribution in [2.75, 3.05) is 6.54 Å². The standard InChI is InChI=1S/C25H25FN4O4/c1-15-28-20-9-8-16(5-4-12-27-23(32)14-17-6-2-3-7-19(17)26)13-18(20)25(34)30(15)21-10-11-22(31)29-24(21)33/h2-3,6-9,13,21H,4-5,10-12,14H2,1H3,(H,27,32)(H,29,31,33). The van der Waals surface area contributed by atoms with Gasteiger partial charge >= 0.3 is 0 Å². The third kappa shape index (κ3) is 5.03. The molecule has 4 rings (SSSR count). The van der Waals surface area contributed by atoms with E-state index in [4.69, 9.17) is 0 Å². The molecule has 1 fully saturated rings. The highest BCUT2D eigenvalue weighted by atomic mass is 19.1. The first-order valence-electron chi connectivity index (χ1n) is 11.2. The van der Waals surface area contributed by atoms with Crippen LogP contribution in [0.3, 0.4) is 0 Å². The molecular weight excluding hydrogens is 439 g/mol. The number of aromatic nitrogens is 2. The molecular formula is C25H25FN4O4. The lowest BCUT2D eigenvalue weighted by atomic mass is 10.0. The minimum Gasteiger partial charge on any atom is -0.356 e. The van der Waals surface area contributed by atoms with Gasteiger partial charge in [-0.25, -0.2) is 9.37 Å². The number of halogens is 1. The summed E-state index contributed by atoms with van der Waals surface area (Å²) in [6.07, 6.45) is 1.65. The average molecular weight is 464 g/mol. The molecule has 0 spiro atoms. The Labute approximate surface area is 195 Å². The molecule has 0 saturated carbocycles. The average Bonchev–Trinajstić information content (AvgIpc) is 2.80. The van der Waals surface area contributed by atoms with E-state index >= 15 is 0 Å². The molecule has 1 aliphatic rings. The number of carbonyl (C=O) groups is 3. The summed E-state index contributed by atoms with van der Waals surface area (Å²) in [5.74, 6) is -1.08. The first-order valence-corrected chi connectivity index (χ1v) is 11.2. The normalized spacial score (nSPS) is 15.9. The van der Waals surface area contributed by atoms with Gasteiger partial charge in [0, 0.05) is 13.0 Å². The zero-order chi connectivity index (χ0) is 24.2. The highest BCUT2D eigenvalue weighted by Crippen LogP contribution is 2.20. The van der Waals surface area contributed by atoms with Gasteiger partial charge in [-0.2, -0.15) is 0 Å². The maximum atomic E-state index is 13.7. The second-order valence-electron chi connectivity index (χ2n) is 8.37. The maximum Gasteiger partial charge on any atom is 0.262 e. The van der Waals surface area contributed by atoms with Gasteiger partial charge < -0.3 is 5.32 Å². The Balaban J connectivity index is 1.42. The number of rotatable bonds is 7. The second-order valence-corrected chi connectivity index (χ2v) is 8.37. The topological polar surface area (TPSA) is 110 Å². The molecule has 0 aliphatic carbocycles. The smallest absolute Gasteiger partial charge is 0.262 e. The number of amides is 3. The monoisotopic (exact) mass is 464 g/mol. The van der Waals surface area contributed by atoms with E-state index in [1.54, 1.807) is 37.3 Å². The van der Waals surface area contributed by atoms with Crippen LogP contribution >= 0.6 is 0 Å². The number of nitrogens with zero attached hydrogens (tertiary/aromatic N) is 2. The summed E-state index contributed by atoms with van der Waals surface area (Å²) in [5, 5.41) is 5.47. The van der Waals surface area contributed by atoms with Crippen LogP contribution in [0.2, 0.25) is 0 Å². The molecule has 2 heterocycles. The van der Waals surface area contributed by atoms with E-state index in [0.717, 1.165) is 5.56 Å². The predicted octanol–water partition coefficient (Wildman–Crippen LogP) is 2.11. The molecule has 34 heavy (non-hydrogen) atoms. The van der Waals surface area contributed by atoms with Crippen molar-refractivity contribution >= 4 is 28.6 Å². The van der Waals surface area contributed by atoms with E-state index in [-0.39, 0.29) is 36.6 Å². The first-order chi connectivity index (χ1) is 16.3. The van der Waals surface area contributed by atoms with Crippen molar-refractivity contribution in [1.29, 1.82) is 0 Å². The van der Waals surface area contributed by atoms with Crippen molar-refractivity contribution in [3.8, 4) is 0 Å². The van der Waals surface area contributed by atoms with Crippen LogP contribution < -0.4 is 16.2 Å². The van der Waals surface area contributed by atoms with Gasteiger partial charge in [-0.3, -0.25) is 29.1 Å². The summed E-state index contributed by atoms with van der Waals surface area (Å²) in [7, 11) is 0. The van der Waals surface area contributed by atoms with E-state index in [9.17, 15) is 23.6 Å². The molecule has 8 nitrogen and oxygen atoms in total. The van der Waals surface area contributed by atoms with Crippen LogP contribution in [0, 0.1) is 12.7 Å². The highest BCUT2D eigenvalue weighted by molar-refractivity contribution is 5.99. The summed E-state index contributed by atoms with van der Waals surface area (Å²) in [6, 6.07) is 10.8. The van der Waals surface area contributed by atoms with Crippen LogP contribution in [0.4, 0.5) is 4.39 Å². The highest BCUT2D eigenvalue weighted by Gasteiger charge is 2.30. The molecule has 1 unspecified atom stereocenters. The third-order valence-corrected chi connectivity index (χ3v) is 5.94. The van der Waals surface area contributed by atoms with E-state index < -0.39 is 17.8 Å². The van der Waals surface area contributed by atoms with Crippen LogP contribution in [0.1, 0.15) is 42.3 Å². The second kappa shape index (κ2) is 9.94. The Morgan fingerprint density at radius 2 is 2.00 bits per heavy atom. The van der Waals surface area contributed by atoms with Gasteiger partial charge in [0.05, 0.1) is 17.3 Å². The number of benzene rings is 2. The third-order valence-electron chi connectivity index (χ3n) is 5.94. The van der Waals surface area contributed by atoms with Gasteiger partial charge in [-0.1, -0.05) is 24.3 Å². The minimum atomic E-state index is -0.768. The molecule has 1 saturated heterocycles. The van der Waals surface area contributed by atoms with Gasteiger partial charge in [0.1, 0.15) is 17.7 Å². The Kier molecular flexibility index (Phi) is 6.81. The fourth-order valence-corrected chi connectivity index (χ4v) is 4.21. The molecule has 176 valence electrons. The largest absolute Gasteiger partial charge is 0.356 e. The number of piperidine rings is 1. The van der Waals surface area contributed by atoms with Gasteiger partial charge in [-0.15, -0.1) is 0 Å². The van der Waals surface area contributed by atoms with Gasteiger partial charge in [0.25, 0.3) is 5.56 Å². The van der Waals surface area contributed by atoms with Crippen molar-refractivity contribution in [2.24, 2.45) is 0 Å². The molecule has 3 aromatic rings. The maximum absolute atomic E-state index is 13.7. The fourth-order valence-electron chi connectivity index (χ4n) is 4.21. The molecule has 2 aromatic carbocycles. The molecule has 0 radical (unpaired) electrons. The fraction of sp³-hybridized carbons (Fsp3) is 0.320. The number of carbonyl (C=O) groups excluding carboxylic acids is 3. The Morgan fingerprint density at radius 3 is 2.76 bits per heavy atom. The number of imide groups is 1. The van der Waals surface area contributed by atoms with Gasteiger partial charge in [0.2, 0.25) is 17.7 Å². The zero-order valence-corrected chi connectivity index (χ0v) is 18.8. The van der Waals surface area contributed by atoms with Crippen LogP contribution in [-0.2, 0) is 27.2 Å². The number of nitrogens with one attached hydrogen (secondary N) is 2. The molecule has 0 bridgehead atoms. The van der Waals surface area contributed by atoms with E-state index in [1.807, 2.05) is 6.07 Å². The summed E-state index contributed by atoms with van der Waals surface area (Å²) >= 11 is 0. The zero-order valence-electron chi connectivity index (χ0n) is 18.8. The Bertz CT molecular complexity index is 1330. The summed E-state index contributed by atoms with van der Waals surface area (Å²) < 4.78 is 15.0. The van der Waals surface area contributed by atoms with Gasteiger partial charge in [0.15, 0.2) is 0 Å². The number of fused-ring (bicyclic) bond motifs is 1. The quantitative estimate of drug-likeness (QED) is 0.411. The molecule has 3 amide bonds. The van der Waals surface area contributed by atoms with Crippen molar-refractivity contribution in [3.05, 3.63) is 75.6 Å². The van der Waals surface area contributed by atoms with Crippen LogP contribution in [0.15, 0.2) is 47.3 Å². The molecule has 1 aromatic heterocycles. The lowest BCUT2D eigenvalue weighted by Crippen LogP contribution is -2.45. The lowest BCUT2D eigenvalue weighted by Gasteiger charge is -2.24. The van der Waals surface area contributed by atoms with Gasteiger partial charge in [-0.05, 0) is 55.5 Å². The SMILES string of the molecule is Cc1nc2ccc(CCCNC(=O)Cc3ccccc3F)cc2c(=O)n1C1CCC(=O)NC1=O. The number of hydrogen-bond acceptors (Lipinski definition) is 5.